The van der Waals surface area contributed by atoms with Gasteiger partial charge in [0.25, 0.3) is 0 Å². The monoisotopic (exact) mass is 776 g/mol. The summed E-state index contributed by atoms with van der Waals surface area (Å²) in [5.41, 5.74) is 10.9. The number of rotatable bonds is 5. The molecule has 13 rings (SSSR count). The molecule has 0 aliphatic carbocycles. The fourth-order valence-corrected chi connectivity index (χ4v) is 9.95. The summed E-state index contributed by atoms with van der Waals surface area (Å²) in [5, 5.41) is 14.3. The van der Waals surface area contributed by atoms with E-state index in [9.17, 15) is 0 Å². The lowest BCUT2D eigenvalue weighted by atomic mass is 9.97. The average molecular weight is 777 g/mol. The van der Waals surface area contributed by atoms with E-state index in [2.05, 4.69) is 228 Å². The Bertz CT molecular complexity index is 3880. The van der Waals surface area contributed by atoms with Gasteiger partial charge < -0.3 is 13.9 Å². The van der Waals surface area contributed by atoms with Crippen LogP contribution < -0.4 is 4.90 Å². The van der Waals surface area contributed by atoms with Crippen LogP contribution in [0.15, 0.2) is 223 Å². The van der Waals surface area contributed by atoms with Crippen LogP contribution in [0.3, 0.4) is 0 Å². The van der Waals surface area contributed by atoms with Crippen LogP contribution in [0, 0.1) is 0 Å². The lowest BCUT2D eigenvalue weighted by Crippen LogP contribution is -2.11. The van der Waals surface area contributed by atoms with Gasteiger partial charge in [-0.05, 0) is 86.6 Å². The largest absolute Gasteiger partial charge is 0.455 e. The van der Waals surface area contributed by atoms with Gasteiger partial charge in [0.05, 0.1) is 27.8 Å². The smallest absolute Gasteiger partial charge is 0.145 e. The van der Waals surface area contributed by atoms with Crippen molar-refractivity contribution in [1.82, 2.24) is 4.57 Å². The van der Waals surface area contributed by atoms with Crippen LogP contribution >= 0.6 is 0 Å². The molecule has 0 N–H and O–H groups in total. The third-order valence-corrected chi connectivity index (χ3v) is 12.7. The van der Waals surface area contributed by atoms with E-state index in [-0.39, 0.29) is 0 Å². The first-order valence-corrected chi connectivity index (χ1v) is 20.9. The maximum absolute atomic E-state index is 6.76. The topological polar surface area (TPSA) is 21.3 Å². The Hall–Kier alpha value is -8.14. The van der Waals surface area contributed by atoms with Crippen molar-refractivity contribution in [3.63, 3.8) is 0 Å². The van der Waals surface area contributed by atoms with E-state index in [1.807, 2.05) is 0 Å². The summed E-state index contributed by atoms with van der Waals surface area (Å²) in [4.78, 5) is 2.46. The summed E-state index contributed by atoms with van der Waals surface area (Å²) in [6.45, 7) is 0. The van der Waals surface area contributed by atoms with Crippen molar-refractivity contribution in [2.75, 3.05) is 4.90 Å². The molecule has 0 saturated carbocycles. The van der Waals surface area contributed by atoms with E-state index in [1.54, 1.807) is 0 Å². The third-order valence-electron chi connectivity index (χ3n) is 12.7. The molecule has 2 heterocycles. The second kappa shape index (κ2) is 13.2. The number of furan rings is 1. The van der Waals surface area contributed by atoms with Crippen LogP contribution in [0.25, 0.3) is 104 Å². The minimum Gasteiger partial charge on any atom is -0.455 e. The van der Waals surface area contributed by atoms with Crippen molar-refractivity contribution in [2.45, 2.75) is 0 Å². The van der Waals surface area contributed by atoms with E-state index < -0.39 is 0 Å². The van der Waals surface area contributed by atoms with Gasteiger partial charge in [0.1, 0.15) is 11.2 Å². The minimum atomic E-state index is 0.880. The molecule has 3 nitrogen and oxygen atoms in total. The third kappa shape index (κ3) is 5.11. The summed E-state index contributed by atoms with van der Waals surface area (Å²) in [5.74, 6) is 0. The van der Waals surface area contributed by atoms with E-state index in [4.69, 9.17) is 4.42 Å². The normalized spacial score (nSPS) is 11.9. The van der Waals surface area contributed by atoms with Gasteiger partial charge >= 0.3 is 0 Å². The van der Waals surface area contributed by atoms with Crippen molar-refractivity contribution >= 4 is 104 Å². The second-order valence-corrected chi connectivity index (χ2v) is 16.0. The van der Waals surface area contributed by atoms with Gasteiger partial charge in [0.15, 0.2) is 0 Å². The molecule has 61 heavy (non-hydrogen) atoms. The number of nitrogens with zero attached hydrogens (tertiary/aromatic N) is 2. The Labute approximate surface area is 351 Å². The van der Waals surface area contributed by atoms with Crippen LogP contribution in [0.5, 0.6) is 0 Å². The van der Waals surface area contributed by atoms with Gasteiger partial charge in [-0.3, -0.25) is 0 Å². The zero-order valence-corrected chi connectivity index (χ0v) is 33.1. The van der Waals surface area contributed by atoms with Crippen LogP contribution in [-0.2, 0) is 0 Å². The van der Waals surface area contributed by atoms with Crippen molar-refractivity contribution in [3.8, 4) is 16.8 Å². The van der Waals surface area contributed by atoms with E-state index in [1.165, 1.54) is 59.7 Å². The lowest BCUT2D eigenvalue weighted by Gasteiger charge is -2.29. The molecule has 0 saturated heterocycles. The van der Waals surface area contributed by atoms with Crippen LogP contribution in [0.2, 0.25) is 0 Å². The number of fused-ring (bicyclic) bond motifs is 13. The highest BCUT2D eigenvalue weighted by Gasteiger charge is 2.24. The first-order valence-electron chi connectivity index (χ1n) is 20.9. The Morgan fingerprint density at radius 2 is 0.951 bits per heavy atom. The SMILES string of the molecule is c1ccc(-n2c3cc(-c4ccc(N(c5cc6ccccc6c6ccccc56)c5cc6ccccc6c6oc7ccccc7c56)cc4)ccc3c3ccc4ccccc4c32)cc1. The standard InChI is InChI=1S/C58H36N2O/c1-2-17-42(18-3-1)60-53-34-39(29-32-49(53)50-33-28-38-14-4-8-20-45(38)57(50)60)37-26-30-43(31-27-37)59(52-35-40-15-5-7-19-44(40)47-22-10-11-23-48(47)52)54-36-41-16-6-9-21-46(41)58-56(54)51-24-12-13-25-55(51)61-58/h1-36H. The van der Waals surface area contributed by atoms with Crippen LogP contribution in [0.1, 0.15) is 0 Å². The fraction of sp³-hybridized carbons (Fsp3) is 0. The van der Waals surface area contributed by atoms with Gasteiger partial charge in [-0.1, -0.05) is 170 Å². The van der Waals surface area contributed by atoms with Gasteiger partial charge in [-0.2, -0.15) is 0 Å². The first kappa shape index (κ1) is 33.8. The first-order chi connectivity index (χ1) is 30.3. The quantitative estimate of drug-likeness (QED) is 0.162. The maximum atomic E-state index is 6.76. The molecule has 0 unspecified atom stereocenters. The number of hydrogen-bond acceptors (Lipinski definition) is 2. The zero-order valence-electron chi connectivity index (χ0n) is 33.1. The predicted octanol–water partition coefficient (Wildman–Crippen LogP) is 16.4. The van der Waals surface area contributed by atoms with Gasteiger partial charge in [0, 0.05) is 43.7 Å². The number of anilines is 3. The second-order valence-electron chi connectivity index (χ2n) is 16.0. The molecule has 0 radical (unpaired) electrons. The highest BCUT2D eigenvalue weighted by molar-refractivity contribution is 6.24. The van der Waals surface area contributed by atoms with E-state index in [0.29, 0.717) is 0 Å². The van der Waals surface area contributed by atoms with Crippen molar-refractivity contribution in [3.05, 3.63) is 218 Å². The van der Waals surface area contributed by atoms with Gasteiger partial charge in [0.2, 0.25) is 0 Å². The Morgan fingerprint density at radius 1 is 0.361 bits per heavy atom. The van der Waals surface area contributed by atoms with Crippen molar-refractivity contribution < 1.29 is 4.42 Å². The Morgan fingerprint density at radius 3 is 1.75 bits per heavy atom. The molecule has 284 valence electrons. The number of aromatic nitrogens is 1. The molecule has 11 aromatic carbocycles. The summed E-state index contributed by atoms with van der Waals surface area (Å²) in [6.07, 6.45) is 0. The fourth-order valence-electron chi connectivity index (χ4n) is 9.95. The number of hydrogen-bond donors (Lipinski definition) is 0. The average Bonchev–Trinajstić information content (AvgIpc) is 3.89. The molecule has 0 bridgehead atoms. The molecule has 0 atom stereocenters. The van der Waals surface area contributed by atoms with E-state index in [0.717, 1.165) is 61.0 Å². The van der Waals surface area contributed by atoms with E-state index >= 15 is 0 Å². The molecular weight excluding hydrogens is 741 g/mol. The molecule has 3 heteroatoms. The maximum Gasteiger partial charge on any atom is 0.145 e. The summed E-state index contributed by atoms with van der Waals surface area (Å²) < 4.78 is 9.20. The van der Waals surface area contributed by atoms with Crippen LogP contribution in [-0.4, -0.2) is 4.57 Å². The summed E-state index contributed by atoms with van der Waals surface area (Å²) >= 11 is 0. The highest BCUT2D eigenvalue weighted by Crippen LogP contribution is 2.49. The Kier molecular flexibility index (Phi) is 7.31. The molecule has 0 aliphatic rings. The molecule has 0 aliphatic heterocycles. The minimum absolute atomic E-state index is 0.880. The zero-order chi connectivity index (χ0) is 40.0. The number of para-hydroxylation sites is 2. The highest BCUT2D eigenvalue weighted by atomic mass is 16.3. The van der Waals surface area contributed by atoms with Crippen LogP contribution in [0.4, 0.5) is 17.1 Å². The van der Waals surface area contributed by atoms with Crippen molar-refractivity contribution in [1.29, 1.82) is 0 Å². The lowest BCUT2D eigenvalue weighted by molar-refractivity contribution is 0.672. The summed E-state index contributed by atoms with van der Waals surface area (Å²) in [6, 6.07) is 79.3. The predicted molar refractivity (Wildman–Crippen MR) is 258 cm³/mol. The Balaban J connectivity index is 1.05. The van der Waals surface area contributed by atoms with Gasteiger partial charge in [-0.15, -0.1) is 0 Å². The molecule has 2 aromatic heterocycles. The van der Waals surface area contributed by atoms with Gasteiger partial charge in [-0.25, -0.2) is 0 Å². The molecule has 0 amide bonds. The number of benzene rings is 11. The van der Waals surface area contributed by atoms with Crippen molar-refractivity contribution in [2.24, 2.45) is 0 Å². The summed E-state index contributed by atoms with van der Waals surface area (Å²) in [7, 11) is 0. The molecule has 0 fully saturated rings. The molecular formula is C58H36N2O. The molecule has 13 aromatic rings. The molecule has 0 spiro atoms.